The Hall–Kier alpha value is -1.83. The zero-order valence-electron chi connectivity index (χ0n) is 9.11. The average Bonchev–Trinajstić information content (AvgIpc) is 2.28. The third kappa shape index (κ3) is 2.62. The van der Waals surface area contributed by atoms with Crippen LogP contribution in [0.1, 0.15) is 0 Å². The van der Waals surface area contributed by atoms with E-state index in [9.17, 15) is 26.0 Å². The molecule has 0 atom stereocenters. The van der Waals surface area contributed by atoms with E-state index in [1.54, 1.807) is 12.1 Å². The van der Waals surface area contributed by atoms with Crippen molar-refractivity contribution in [3.63, 3.8) is 0 Å². The van der Waals surface area contributed by atoms with Crippen LogP contribution in [0.15, 0.2) is 36.4 Å². The van der Waals surface area contributed by atoms with Crippen LogP contribution in [-0.4, -0.2) is 13.9 Å². The molecule has 2 rings (SSSR count). The molecule has 0 saturated carbocycles. The molecule has 0 fully saturated rings. The second kappa shape index (κ2) is 4.37. The van der Waals surface area contributed by atoms with E-state index >= 15 is 0 Å². The molecule has 0 aromatic heterocycles. The van der Waals surface area contributed by atoms with Crippen LogP contribution in [0.25, 0.3) is 10.8 Å². The van der Waals surface area contributed by atoms with Crippen molar-refractivity contribution < 1.29 is 30.2 Å². The third-order valence-corrected chi connectivity index (χ3v) is 3.25. The lowest BCUT2D eigenvalue weighted by atomic mass is 10.1. The SMILES string of the molecule is O=S(=O)(Oc1cc2ccccc2cc1F)C(F)(F)F. The van der Waals surface area contributed by atoms with Crippen molar-refractivity contribution in [2.45, 2.75) is 5.51 Å². The molecule has 0 bridgehead atoms. The molecule has 0 spiro atoms. The molecule has 3 nitrogen and oxygen atoms in total. The van der Waals surface area contributed by atoms with Gasteiger partial charge in [0.1, 0.15) is 0 Å². The lowest BCUT2D eigenvalue weighted by molar-refractivity contribution is -0.0500. The smallest absolute Gasteiger partial charge is 0.373 e. The zero-order valence-corrected chi connectivity index (χ0v) is 9.93. The first-order valence-corrected chi connectivity index (χ1v) is 6.30. The molecule has 0 amide bonds. The Morgan fingerprint density at radius 1 is 1.00 bits per heavy atom. The van der Waals surface area contributed by atoms with E-state index < -0.39 is 27.2 Å². The largest absolute Gasteiger partial charge is 0.534 e. The van der Waals surface area contributed by atoms with Gasteiger partial charge in [0, 0.05) is 0 Å². The number of halogens is 4. The van der Waals surface area contributed by atoms with Gasteiger partial charge < -0.3 is 4.18 Å². The third-order valence-electron chi connectivity index (χ3n) is 2.28. The van der Waals surface area contributed by atoms with E-state index in [0.717, 1.165) is 12.1 Å². The lowest BCUT2D eigenvalue weighted by Gasteiger charge is -2.10. The average molecular weight is 294 g/mol. The summed E-state index contributed by atoms with van der Waals surface area (Å²) >= 11 is 0. The fourth-order valence-corrected chi connectivity index (χ4v) is 1.88. The first-order valence-electron chi connectivity index (χ1n) is 4.90. The van der Waals surface area contributed by atoms with Gasteiger partial charge in [0.05, 0.1) is 0 Å². The van der Waals surface area contributed by atoms with E-state index in [2.05, 4.69) is 4.18 Å². The number of fused-ring (bicyclic) bond motifs is 1. The van der Waals surface area contributed by atoms with E-state index in [1.807, 2.05) is 0 Å². The number of hydrogen-bond acceptors (Lipinski definition) is 3. The van der Waals surface area contributed by atoms with Crippen molar-refractivity contribution >= 4 is 20.9 Å². The second-order valence-corrected chi connectivity index (χ2v) is 5.15. The summed E-state index contributed by atoms with van der Waals surface area (Å²) in [7, 11) is -5.88. The van der Waals surface area contributed by atoms with E-state index in [-0.39, 0.29) is 0 Å². The van der Waals surface area contributed by atoms with Crippen LogP contribution in [0.5, 0.6) is 5.75 Å². The Morgan fingerprint density at radius 2 is 1.53 bits per heavy atom. The summed E-state index contributed by atoms with van der Waals surface area (Å²) in [6, 6.07) is 7.99. The molecule has 0 radical (unpaired) electrons. The van der Waals surface area contributed by atoms with Gasteiger partial charge >= 0.3 is 15.6 Å². The van der Waals surface area contributed by atoms with Crippen LogP contribution in [0.3, 0.4) is 0 Å². The molecular weight excluding hydrogens is 288 g/mol. The van der Waals surface area contributed by atoms with Gasteiger partial charge in [-0.2, -0.15) is 21.6 Å². The Kier molecular flexibility index (Phi) is 3.13. The summed E-state index contributed by atoms with van der Waals surface area (Å²) in [4.78, 5) is 0. The van der Waals surface area contributed by atoms with E-state index in [1.165, 1.54) is 12.1 Å². The lowest BCUT2D eigenvalue weighted by Crippen LogP contribution is -2.28. The summed E-state index contributed by atoms with van der Waals surface area (Å²) in [5.74, 6) is -2.18. The van der Waals surface area contributed by atoms with Crippen LogP contribution >= 0.6 is 0 Å². The highest BCUT2D eigenvalue weighted by atomic mass is 32.2. The van der Waals surface area contributed by atoms with Crippen molar-refractivity contribution in [1.29, 1.82) is 0 Å². The van der Waals surface area contributed by atoms with Crippen molar-refractivity contribution in [3.05, 3.63) is 42.2 Å². The molecule has 8 heteroatoms. The van der Waals surface area contributed by atoms with Gasteiger partial charge in [-0.3, -0.25) is 0 Å². The summed E-state index contributed by atoms with van der Waals surface area (Å²) in [6.07, 6.45) is 0. The van der Waals surface area contributed by atoms with Gasteiger partial charge in [0.25, 0.3) is 0 Å². The molecule has 19 heavy (non-hydrogen) atoms. The van der Waals surface area contributed by atoms with Gasteiger partial charge in [0.15, 0.2) is 11.6 Å². The highest BCUT2D eigenvalue weighted by Crippen LogP contribution is 2.30. The minimum absolute atomic E-state index is 0.358. The highest BCUT2D eigenvalue weighted by molar-refractivity contribution is 7.88. The molecule has 102 valence electrons. The molecule has 2 aromatic carbocycles. The number of alkyl halides is 3. The first kappa shape index (κ1) is 13.6. The van der Waals surface area contributed by atoms with Crippen molar-refractivity contribution in [1.82, 2.24) is 0 Å². The maximum Gasteiger partial charge on any atom is 0.534 e. The Labute approximate surface area is 105 Å². The molecule has 0 aliphatic heterocycles. The van der Waals surface area contributed by atoms with Crippen LogP contribution in [0, 0.1) is 5.82 Å². The predicted molar refractivity (Wildman–Crippen MR) is 59.5 cm³/mol. The summed E-state index contributed by atoms with van der Waals surface area (Å²) in [5, 5.41) is 0.771. The topological polar surface area (TPSA) is 43.4 Å². The quantitative estimate of drug-likeness (QED) is 0.485. The minimum Gasteiger partial charge on any atom is -0.373 e. The normalized spacial score (nSPS) is 12.6. The summed E-state index contributed by atoms with van der Waals surface area (Å²) < 4.78 is 75.2. The van der Waals surface area contributed by atoms with Gasteiger partial charge in [-0.25, -0.2) is 4.39 Å². The zero-order chi connectivity index (χ0) is 14.3. The number of hydrogen-bond donors (Lipinski definition) is 0. The van der Waals surface area contributed by atoms with Crippen LogP contribution in [0.2, 0.25) is 0 Å². The van der Waals surface area contributed by atoms with Gasteiger partial charge in [-0.15, -0.1) is 0 Å². The van der Waals surface area contributed by atoms with Crippen molar-refractivity contribution in [2.24, 2.45) is 0 Å². The Morgan fingerprint density at radius 3 is 2.05 bits per heavy atom. The number of rotatable bonds is 2. The maximum absolute atomic E-state index is 13.5. The van der Waals surface area contributed by atoms with Gasteiger partial charge in [-0.1, -0.05) is 24.3 Å². The monoisotopic (exact) mass is 294 g/mol. The predicted octanol–water partition coefficient (Wildman–Crippen LogP) is 3.21. The van der Waals surface area contributed by atoms with E-state index in [0.29, 0.717) is 10.8 Å². The van der Waals surface area contributed by atoms with Crippen molar-refractivity contribution in [3.8, 4) is 5.75 Å². The Bertz CT molecular complexity index is 722. The fraction of sp³-hybridized carbons (Fsp3) is 0.0909. The molecule has 0 heterocycles. The molecule has 2 aromatic rings. The Balaban J connectivity index is 2.50. The van der Waals surface area contributed by atoms with Gasteiger partial charge in [-0.05, 0) is 22.9 Å². The standard InChI is InChI=1S/C11H6F4O3S/c12-9-5-7-3-1-2-4-8(7)6-10(9)18-19(16,17)11(13,14)15/h1-6H. The van der Waals surface area contributed by atoms with Crippen LogP contribution in [-0.2, 0) is 10.1 Å². The molecular formula is C11H6F4O3S. The van der Waals surface area contributed by atoms with Gasteiger partial charge in [0.2, 0.25) is 0 Å². The number of benzene rings is 2. The molecule has 0 unspecified atom stereocenters. The fourth-order valence-electron chi connectivity index (χ4n) is 1.42. The summed E-state index contributed by atoms with van der Waals surface area (Å²) in [6.45, 7) is 0. The minimum atomic E-state index is -5.88. The molecule has 0 N–H and O–H groups in total. The molecule has 0 aliphatic rings. The first-order chi connectivity index (χ1) is 8.71. The van der Waals surface area contributed by atoms with E-state index in [4.69, 9.17) is 0 Å². The maximum atomic E-state index is 13.5. The highest BCUT2D eigenvalue weighted by Gasteiger charge is 2.48. The van der Waals surface area contributed by atoms with Crippen LogP contribution < -0.4 is 4.18 Å². The van der Waals surface area contributed by atoms with Crippen molar-refractivity contribution in [2.75, 3.05) is 0 Å². The molecule has 0 aliphatic carbocycles. The van der Waals surface area contributed by atoms with Crippen LogP contribution in [0.4, 0.5) is 17.6 Å². The second-order valence-electron chi connectivity index (χ2n) is 3.61. The summed E-state index contributed by atoms with van der Waals surface area (Å²) in [5.41, 5.74) is -5.61. The molecule has 0 saturated heterocycles.